The minimum Gasteiger partial charge on any atom is -0.383 e. The van der Waals surface area contributed by atoms with E-state index >= 15 is 0 Å². The van der Waals surface area contributed by atoms with Crippen LogP contribution < -0.4 is 5.69 Å². The van der Waals surface area contributed by atoms with Gasteiger partial charge in [0.15, 0.2) is 0 Å². The Morgan fingerprint density at radius 1 is 0.968 bits per heavy atom. The van der Waals surface area contributed by atoms with Crippen LogP contribution in [0.2, 0.25) is 0 Å². The van der Waals surface area contributed by atoms with Crippen LogP contribution in [0.15, 0.2) is 63.9 Å². The fourth-order valence-corrected chi connectivity index (χ4v) is 4.09. The van der Waals surface area contributed by atoms with E-state index < -0.39 is 0 Å². The average molecular weight is 483 g/mol. The molecule has 1 saturated heterocycles. The largest absolute Gasteiger partial charge is 0.383 e. The highest BCUT2D eigenvalue weighted by molar-refractivity contribution is 9.10. The molecule has 6 nitrogen and oxygen atoms in total. The molecule has 0 unspecified atom stereocenters. The molecule has 0 atom stereocenters. The molecule has 4 rings (SSSR count). The maximum Gasteiger partial charge on any atom is 0.345 e. The first kappa shape index (κ1) is 21.9. The lowest BCUT2D eigenvalue weighted by Gasteiger charge is -2.34. The van der Waals surface area contributed by atoms with E-state index in [0.717, 1.165) is 67.2 Å². The van der Waals surface area contributed by atoms with E-state index in [-0.39, 0.29) is 5.69 Å². The third-order valence-electron chi connectivity index (χ3n) is 5.63. The molecule has 3 aromatic rings. The van der Waals surface area contributed by atoms with Crippen molar-refractivity contribution in [2.45, 2.75) is 6.54 Å². The highest BCUT2D eigenvalue weighted by Crippen LogP contribution is 2.24. The van der Waals surface area contributed by atoms with Gasteiger partial charge in [-0.25, -0.2) is 4.79 Å². The van der Waals surface area contributed by atoms with Crippen LogP contribution in [-0.2, 0) is 11.3 Å². The Kier molecular flexibility index (Phi) is 7.29. The molecular formula is C24H27BrN4O2. The molecule has 1 fully saturated rings. The second-order valence-electron chi connectivity index (χ2n) is 7.80. The van der Waals surface area contributed by atoms with Crippen LogP contribution in [0.25, 0.3) is 22.5 Å². The molecular weight excluding hydrogens is 456 g/mol. The predicted octanol–water partition coefficient (Wildman–Crippen LogP) is 3.63. The van der Waals surface area contributed by atoms with E-state index in [0.29, 0.717) is 5.69 Å². The first-order chi connectivity index (χ1) is 15.1. The molecule has 1 aliphatic heterocycles. The van der Waals surface area contributed by atoms with Crippen molar-refractivity contribution in [3.05, 3.63) is 75.1 Å². The molecule has 2 heterocycles. The van der Waals surface area contributed by atoms with E-state index in [1.54, 1.807) is 7.11 Å². The van der Waals surface area contributed by atoms with E-state index in [1.165, 1.54) is 5.56 Å². The minimum absolute atomic E-state index is 0.342. The zero-order valence-electron chi connectivity index (χ0n) is 17.7. The monoisotopic (exact) mass is 482 g/mol. The van der Waals surface area contributed by atoms with Crippen LogP contribution in [0.5, 0.6) is 0 Å². The first-order valence-electron chi connectivity index (χ1n) is 10.5. The Bertz CT molecular complexity index is 1040. The molecule has 0 saturated carbocycles. The number of aromatic nitrogens is 2. The van der Waals surface area contributed by atoms with Gasteiger partial charge in [-0.3, -0.25) is 9.80 Å². The molecule has 162 valence electrons. The molecule has 0 bridgehead atoms. The van der Waals surface area contributed by atoms with Gasteiger partial charge >= 0.3 is 5.69 Å². The fourth-order valence-electron chi connectivity index (χ4n) is 3.82. The maximum absolute atomic E-state index is 12.2. The van der Waals surface area contributed by atoms with Gasteiger partial charge in [-0.05, 0) is 29.3 Å². The van der Waals surface area contributed by atoms with Gasteiger partial charge in [-0.2, -0.15) is 4.98 Å². The van der Waals surface area contributed by atoms with E-state index in [1.807, 2.05) is 30.3 Å². The molecule has 0 aliphatic carbocycles. The number of ether oxygens (including phenoxy) is 1. The number of nitrogens with one attached hydrogen (secondary N) is 1. The lowest BCUT2D eigenvalue weighted by Crippen LogP contribution is -2.46. The minimum atomic E-state index is -0.342. The molecule has 1 N–H and O–H groups in total. The third kappa shape index (κ3) is 5.89. The number of halogens is 1. The Morgan fingerprint density at radius 3 is 2.29 bits per heavy atom. The highest BCUT2D eigenvalue weighted by Gasteiger charge is 2.16. The van der Waals surface area contributed by atoms with Crippen molar-refractivity contribution in [3.8, 4) is 22.5 Å². The van der Waals surface area contributed by atoms with Gasteiger partial charge in [-0.15, -0.1) is 0 Å². The molecule has 0 amide bonds. The molecule has 1 aromatic heterocycles. The second kappa shape index (κ2) is 10.3. The summed E-state index contributed by atoms with van der Waals surface area (Å²) in [5.74, 6) is 0. The summed E-state index contributed by atoms with van der Waals surface area (Å²) >= 11 is 3.44. The molecule has 31 heavy (non-hydrogen) atoms. The third-order valence-corrected chi connectivity index (χ3v) is 6.16. The van der Waals surface area contributed by atoms with Gasteiger partial charge in [0.1, 0.15) is 0 Å². The molecule has 1 aliphatic rings. The number of nitrogens with zero attached hydrogens (tertiary/aromatic N) is 3. The number of rotatable bonds is 7. The summed E-state index contributed by atoms with van der Waals surface area (Å²) in [5.41, 5.74) is 4.26. The smallest absolute Gasteiger partial charge is 0.345 e. The van der Waals surface area contributed by atoms with Crippen molar-refractivity contribution in [2.75, 3.05) is 46.4 Å². The average Bonchev–Trinajstić information content (AvgIpc) is 2.79. The zero-order chi connectivity index (χ0) is 21.6. The number of piperazine rings is 1. The van der Waals surface area contributed by atoms with Gasteiger partial charge in [0, 0.05) is 56.4 Å². The quantitative estimate of drug-likeness (QED) is 0.556. The summed E-state index contributed by atoms with van der Waals surface area (Å²) in [5, 5.41) is 0. The number of methoxy groups -OCH3 is 1. The Balaban J connectivity index is 1.43. The van der Waals surface area contributed by atoms with Gasteiger partial charge < -0.3 is 9.72 Å². The summed E-state index contributed by atoms with van der Waals surface area (Å²) < 4.78 is 6.18. The van der Waals surface area contributed by atoms with Crippen LogP contribution in [-0.4, -0.2) is 66.2 Å². The van der Waals surface area contributed by atoms with Crippen molar-refractivity contribution in [2.24, 2.45) is 0 Å². The predicted molar refractivity (Wildman–Crippen MR) is 127 cm³/mol. The van der Waals surface area contributed by atoms with Gasteiger partial charge in [0.25, 0.3) is 0 Å². The molecule has 0 spiro atoms. The van der Waals surface area contributed by atoms with Gasteiger partial charge in [-0.1, -0.05) is 52.3 Å². The van der Waals surface area contributed by atoms with E-state index in [4.69, 9.17) is 4.74 Å². The number of H-pyrrole nitrogens is 1. The highest BCUT2D eigenvalue weighted by atomic mass is 79.9. The van der Waals surface area contributed by atoms with Gasteiger partial charge in [0.05, 0.1) is 18.0 Å². The lowest BCUT2D eigenvalue weighted by atomic mass is 10.1. The first-order valence-corrected chi connectivity index (χ1v) is 11.3. The van der Waals surface area contributed by atoms with E-state index in [2.05, 4.69) is 60.0 Å². The summed E-state index contributed by atoms with van der Waals surface area (Å²) in [6.45, 7) is 7.03. The van der Waals surface area contributed by atoms with Crippen molar-refractivity contribution < 1.29 is 4.74 Å². The molecule has 7 heteroatoms. The van der Waals surface area contributed by atoms with Crippen LogP contribution in [0.1, 0.15) is 5.56 Å². The maximum atomic E-state index is 12.2. The lowest BCUT2D eigenvalue weighted by molar-refractivity contribution is 0.0938. The van der Waals surface area contributed by atoms with Gasteiger partial charge in [0.2, 0.25) is 0 Å². The van der Waals surface area contributed by atoms with Crippen LogP contribution in [0.4, 0.5) is 0 Å². The molecule has 0 radical (unpaired) electrons. The normalized spacial score (nSPS) is 15.3. The Morgan fingerprint density at radius 2 is 1.61 bits per heavy atom. The summed E-state index contributed by atoms with van der Waals surface area (Å²) in [7, 11) is 1.75. The molecule has 2 aromatic carbocycles. The fraction of sp³-hybridized carbons (Fsp3) is 0.333. The summed E-state index contributed by atoms with van der Waals surface area (Å²) in [4.78, 5) is 24.1. The van der Waals surface area contributed by atoms with Crippen molar-refractivity contribution in [1.82, 2.24) is 19.8 Å². The zero-order valence-corrected chi connectivity index (χ0v) is 19.3. The van der Waals surface area contributed by atoms with Crippen LogP contribution in [0, 0.1) is 0 Å². The number of benzene rings is 2. The number of hydrogen-bond donors (Lipinski definition) is 1. The summed E-state index contributed by atoms with van der Waals surface area (Å²) in [6.07, 6.45) is 0. The number of hydrogen-bond acceptors (Lipinski definition) is 5. The van der Waals surface area contributed by atoms with Crippen molar-refractivity contribution >= 4 is 15.9 Å². The topological polar surface area (TPSA) is 61.5 Å². The Hall–Kier alpha value is -2.32. The van der Waals surface area contributed by atoms with Crippen LogP contribution in [0.3, 0.4) is 0 Å². The van der Waals surface area contributed by atoms with Crippen molar-refractivity contribution in [1.29, 1.82) is 0 Å². The SMILES string of the molecule is COCCN1CCN(Cc2ccc(-c3cc(-c4ccc(Br)cc4)[nH]c(=O)n3)cc2)CC1. The van der Waals surface area contributed by atoms with Crippen molar-refractivity contribution in [3.63, 3.8) is 0 Å². The van der Waals surface area contributed by atoms with Crippen LogP contribution >= 0.6 is 15.9 Å². The standard InChI is InChI=1S/C24H27BrN4O2/c1-31-15-14-28-10-12-29(13-11-28)17-18-2-4-19(5-3-18)22-16-23(27-24(30)26-22)20-6-8-21(25)9-7-20/h2-9,16H,10-15,17H2,1H3,(H,26,27,30). The Labute approximate surface area is 191 Å². The second-order valence-corrected chi connectivity index (χ2v) is 8.72. The van der Waals surface area contributed by atoms with E-state index in [9.17, 15) is 4.79 Å². The summed E-state index contributed by atoms with van der Waals surface area (Å²) in [6, 6.07) is 18.2. The number of aromatic amines is 1.